The van der Waals surface area contributed by atoms with Gasteiger partial charge in [-0.05, 0) is 38.3 Å². The molecule has 0 bridgehead atoms. The zero-order valence-electron chi connectivity index (χ0n) is 12.8. The number of aromatic nitrogens is 3. The van der Waals surface area contributed by atoms with Gasteiger partial charge < -0.3 is 14.4 Å². The topological polar surface area (TPSA) is 73.0 Å². The van der Waals surface area contributed by atoms with E-state index >= 15 is 0 Å². The van der Waals surface area contributed by atoms with Gasteiger partial charge in [0.05, 0.1) is 0 Å². The summed E-state index contributed by atoms with van der Waals surface area (Å²) in [6.07, 6.45) is 0. The van der Waals surface area contributed by atoms with Gasteiger partial charge in [-0.1, -0.05) is 23.4 Å². The molecule has 2 heterocycles. The smallest absolute Gasteiger partial charge is 0.248 e. The number of nitrogens with one attached hydrogen (secondary N) is 1. The highest BCUT2D eigenvalue weighted by Gasteiger charge is 2.16. The van der Waals surface area contributed by atoms with Gasteiger partial charge in [0.1, 0.15) is 12.6 Å². The highest BCUT2D eigenvalue weighted by molar-refractivity contribution is 5.84. The summed E-state index contributed by atoms with van der Waals surface area (Å²) >= 11 is 0. The molecule has 1 N–H and O–H groups in total. The Kier molecular flexibility index (Phi) is 3.66. The van der Waals surface area contributed by atoms with E-state index in [1.165, 1.54) is 0 Å². The number of rotatable bonds is 4. The number of carbonyl (C=O) groups is 1. The van der Waals surface area contributed by atoms with Crippen LogP contribution in [0.2, 0.25) is 0 Å². The van der Waals surface area contributed by atoms with E-state index in [1.807, 2.05) is 42.7 Å². The second kappa shape index (κ2) is 5.63. The number of hydrogen-bond donors (Lipinski definition) is 1. The Bertz CT molecular complexity index is 819. The van der Waals surface area contributed by atoms with Crippen molar-refractivity contribution >= 4 is 16.8 Å². The third-order valence-electron chi connectivity index (χ3n) is 3.61. The summed E-state index contributed by atoms with van der Waals surface area (Å²) in [5.74, 6) is 0.885. The molecule has 0 aliphatic rings. The maximum absolute atomic E-state index is 12.3. The average molecular weight is 298 g/mol. The molecule has 1 amide bonds. The molecule has 3 aromatic rings. The van der Waals surface area contributed by atoms with E-state index in [2.05, 4.69) is 21.5 Å². The summed E-state index contributed by atoms with van der Waals surface area (Å²) in [6.45, 7) is 5.83. The van der Waals surface area contributed by atoms with Crippen LogP contribution >= 0.6 is 0 Å². The van der Waals surface area contributed by atoms with Crippen LogP contribution in [0.3, 0.4) is 0 Å². The maximum atomic E-state index is 12.3. The van der Waals surface area contributed by atoms with Gasteiger partial charge in [0.15, 0.2) is 5.82 Å². The minimum Gasteiger partial charge on any atom is -0.343 e. The van der Waals surface area contributed by atoms with E-state index in [1.54, 1.807) is 6.92 Å². The molecule has 6 nitrogen and oxygen atoms in total. The molecule has 114 valence electrons. The van der Waals surface area contributed by atoms with Crippen LogP contribution in [0.15, 0.2) is 34.9 Å². The summed E-state index contributed by atoms with van der Waals surface area (Å²) < 4.78 is 7.07. The maximum Gasteiger partial charge on any atom is 0.248 e. The zero-order chi connectivity index (χ0) is 15.7. The molecule has 0 saturated carbocycles. The fourth-order valence-corrected chi connectivity index (χ4v) is 2.54. The molecule has 0 spiro atoms. The summed E-state index contributed by atoms with van der Waals surface area (Å²) in [5, 5.41) is 7.75. The lowest BCUT2D eigenvalue weighted by Crippen LogP contribution is -2.30. The van der Waals surface area contributed by atoms with Crippen LogP contribution in [-0.2, 0) is 11.3 Å². The average Bonchev–Trinajstić information content (AvgIpc) is 3.04. The predicted octanol–water partition coefficient (Wildman–Crippen LogP) is 2.52. The van der Waals surface area contributed by atoms with Gasteiger partial charge in [-0.3, -0.25) is 4.79 Å². The van der Waals surface area contributed by atoms with E-state index < -0.39 is 0 Å². The SMILES string of the molecule is Cc1noc([C@H](C)NC(=O)Cn2c(C)cc3ccccc32)n1. The summed E-state index contributed by atoms with van der Waals surface area (Å²) in [6, 6.07) is 9.79. The van der Waals surface area contributed by atoms with E-state index in [0.29, 0.717) is 11.7 Å². The highest BCUT2D eigenvalue weighted by atomic mass is 16.5. The number of aryl methyl sites for hydroxylation is 2. The van der Waals surface area contributed by atoms with Crippen molar-refractivity contribution in [2.45, 2.75) is 33.4 Å². The molecule has 0 saturated heterocycles. The zero-order valence-corrected chi connectivity index (χ0v) is 12.8. The van der Waals surface area contributed by atoms with Crippen molar-refractivity contribution in [1.29, 1.82) is 0 Å². The van der Waals surface area contributed by atoms with Crippen molar-refractivity contribution in [2.75, 3.05) is 0 Å². The van der Waals surface area contributed by atoms with Crippen molar-refractivity contribution < 1.29 is 9.32 Å². The highest BCUT2D eigenvalue weighted by Crippen LogP contribution is 2.19. The number of para-hydroxylation sites is 1. The first kappa shape index (κ1) is 14.3. The molecule has 22 heavy (non-hydrogen) atoms. The molecule has 0 aliphatic heterocycles. The number of fused-ring (bicyclic) bond motifs is 1. The van der Waals surface area contributed by atoms with Crippen LogP contribution in [0, 0.1) is 13.8 Å². The first-order chi connectivity index (χ1) is 10.5. The second-order valence-electron chi connectivity index (χ2n) is 5.40. The van der Waals surface area contributed by atoms with Gasteiger partial charge in [0, 0.05) is 11.2 Å². The Morgan fingerprint density at radius 1 is 1.36 bits per heavy atom. The second-order valence-corrected chi connectivity index (χ2v) is 5.40. The summed E-state index contributed by atoms with van der Waals surface area (Å²) in [4.78, 5) is 16.4. The molecular weight excluding hydrogens is 280 g/mol. The van der Waals surface area contributed by atoms with Gasteiger partial charge in [-0.25, -0.2) is 0 Å². The standard InChI is InChI=1S/C16H18N4O2/c1-10-8-13-6-4-5-7-14(13)20(10)9-15(21)17-11(2)16-18-12(3)19-22-16/h4-8,11H,9H2,1-3H3,(H,17,21)/t11-/m0/s1. The molecule has 0 fully saturated rings. The number of carbonyl (C=O) groups excluding carboxylic acids is 1. The Morgan fingerprint density at radius 3 is 2.86 bits per heavy atom. The monoisotopic (exact) mass is 298 g/mol. The number of hydrogen-bond acceptors (Lipinski definition) is 4. The largest absolute Gasteiger partial charge is 0.343 e. The molecule has 0 aliphatic carbocycles. The molecule has 2 aromatic heterocycles. The Balaban J connectivity index is 1.74. The van der Waals surface area contributed by atoms with Gasteiger partial charge in [-0.2, -0.15) is 4.98 Å². The van der Waals surface area contributed by atoms with Gasteiger partial charge in [-0.15, -0.1) is 0 Å². The first-order valence-electron chi connectivity index (χ1n) is 7.19. The molecule has 0 radical (unpaired) electrons. The summed E-state index contributed by atoms with van der Waals surface area (Å²) in [5.41, 5.74) is 2.11. The van der Waals surface area contributed by atoms with E-state index in [4.69, 9.17) is 4.52 Å². The molecule has 3 rings (SSSR count). The number of nitrogens with zero attached hydrogens (tertiary/aromatic N) is 3. The lowest BCUT2D eigenvalue weighted by molar-refractivity contribution is -0.122. The molecule has 6 heteroatoms. The minimum absolute atomic E-state index is 0.0900. The molecule has 1 atom stereocenters. The normalized spacial score (nSPS) is 12.5. The lowest BCUT2D eigenvalue weighted by Gasteiger charge is -2.12. The van der Waals surface area contributed by atoms with Crippen molar-refractivity contribution in [3.63, 3.8) is 0 Å². The van der Waals surface area contributed by atoms with Crippen molar-refractivity contribution in [3.05, 3.63) is 47.7 Å². The Morgan fingerprint density at radius 2 is 2.14 bits per heavy atom. The Labute approximate surface area is 128 Å². The van der Waals surface area contributed by atoms with E-state index in [-0.39, 0.29) is 18.5 Å². The van der Waals surface area contributed by atoms with Gasteiger partial charge >= 0.3 is 0 Å². The van der Waals surface area contributed by atoms with E-state index in [0.717, 1.165) is 16.6 Å². The lowest BCUT2D eigenvalue weighted by atomic mass is 10.2. The third kappa shape index (κ3) is 2.72. The number of benzene rings is 1. The van der Waals surface area contributed by atoms with Crippen LogP contribution in [0.4, 0.5) is 0 Å². The quantitative estimate of drug-likeness (QED) is 0.803. The number of amides is 1. The van der Waals surface area contributed by atoms with Crippen LogP contribution < -0.4 is 5.32 Å². The van der Waals surface area contributed by atoms with Crippen LogP contribution in [0.1, 0.15) is 30.4 Å². The van der Waals surface area contributed by atoms with Crippen LogP contribution in [0.25, 0.3) is 10.9 Å². The Hall–Kier alpha value is -2.63. The van der Waals surface area contributed by atoms with Crippen molar-refractivity contribution in [1.82, 2.24) is 20.0 Å². The van der Waals surface area contributed by atoms with Gasteiger partial charge in [0.25, 0.3) is 0 Å². The van der Waals surface area contributed by atoms with E-state index in [9.17, 15) is 4.79 Å². The summed E-state index contributed by atoms with van der Waals surface area (Å²) in [7, 11) is 0. The molecule has 0 unspecified atom stereocenters. The van der Waals surface area contributed by atoms with Crippen molar-refractivity contribution in [3.8, 4) is 0 Å². The van der Waals surface area contributed by atoms with Crippen LogP contribution in [-0.4, -0.2) is 20.6 Å². The predicted molar refractivity (Wildman–Crippen MR) is 82.3 cm³/mol. The third-order valence-corrected chi connectivity index (χ3v) is 3.61. The molecular formula is C16H18N4O2. The van der Waals surface area contributed by atoms with Gasteiger partial charge in [0.2, 0.25) is 11.8 Å². The van der Waals surface area contributed by atoms with Crippen molar-refractivity contribution in [2.24, 2.45) is 0 Å². The fourth-order valence-electron chi connectivity index (χ4n) is 2.54. The minimum atomic E-state index is -0.309. The first-order valence-corrected chi connectivity index (χ1v) is 7.19. The fraction of sp³-hybridized carbons (Fsp3) is 0.312. The molecule has 1 aromatic carbocycles. The van der Waals surface area contributed by atoms with Crippen LogP contribution in [0.5, 0.6) is 0 Å².